The monoisotopic (exact) mass is 188 g/mol. The third kappa shape index (κ3) is 6.54. The Kier molecular flexibility index (Phi) is 7.63. The standard InChI is InChI=1S/C9H20N2O2/c1-3-4-5-11-9(12)6-8(7-10)13-2/h8H,3-7,10H2,1-2H3,(H,11,12). The van der Waals surface area contributed by atoms with Gasteiger partial charge in [-0.3, -0.25) is 4.79 Å². The highest BCUT2D eigenvalue weighted by molar-refractivity contribution is 5.76. The molecule has 3 N–H and O–H groups in total. The van der Waals surface area contributed by atoms with Crippen molar-refractivity contribution in [3.8, 4) is 0 Å². The Morgan fingerprint density at radius 2 is 2.31 bits per heavy atom. The molecule has 13 heavy (non-hydrogen) atoms. The summed E-state index contributed by atoms with van der Waals surface area (Å²) < 4.78 is 4.99. The molecule has 4 nitrogen and oxygen atoms in total. The largest absolute Gasteiger partial charge is 0.380 e. The summed E-state index contributed by atoms with van der Waals surface area (Å²) in [5, 5.41) is 2.81. The molecule has 1 atom stereocenters. The molecular weight excluding hydrogens is 168 g/mol. The van der Waals surface area contributed by atoms with Crippen LogP contribution in [0.4, 0.5) is 0 Å². The van der Waals surface area contributed by atoms with Gasteiger partial charge in [0, 0.05) is 20.2 Å². The minimum atomic E-state index is -0.151. The lowest BCUT2D eigenvalue weighted by atomic mass is 10.2. The highest BCUT2D eigenvalue weighted by Gasteiger charge is 2.09. The fourth-order valence-corrected chi connectivity index (χ4v) is 0.946. The first kappa shape index (κ1) is 12.4. The molecule has 1 unspecified atom stereocenters. The van der Waals surface area contributed by atoms with Crippen LogP contribution in [0.2, 0.25) is 0 Å². The summed E-state index contributed by atoms with van der Waals surface area (Å²) >= 11 is 0. The first-order valence-electron chi connectivity index (χ1n) is 4.74. The Bertz CT molecular complexity index is 136. The number of hydrogen-bond acceptors (Lipinski definition) is 3. The molecule has 4 heteroatoms. The van der Waals surface area contributed by atoms with Gasteiger partial charge in [0.15, 0.2) is 0 Å². The Hall–Kier alpha value is -0.610. The molecule has 0 fully saturated rings. The average Bonchev–Trinajstić information content (AvgIpc) is 2.14. The molecule has 0 saturated heterocycles. The number of amides is 1. The van der Waals surface area contributed by atoms with Gasteiger partial charge in [-0.05, 0) is 6.42 Å². The van der Waals surface area contributed by atoms with E-state index in [-0.39, 0.29) is 12.0 Å². The Balaban J connectivity index is 3.48. The van der Waals surface area contributed by atoms with Crippen LogP contribution in [0.3, 0.4) is 0 Å². The van der Waals surface area contributed by atoms with Crippen molar-refractivity contribution in [3.63, 3.8) is 0 Å². The zero-order valence-electron chi connectivity index (χ0n) is 8.51. The van der Waals surface area contributed by atoms with Crippen LogP contribution in [0.25, 0.3) is 0 Å². The van der Waals surface area contributed by atoms with E-state index in [1.807, 2.05) is 0 Å². The predicted molar refractivity (Wildman–Crippen MR) is 52.4 cm³/mol. The topological polar surface area (TPSA) is 64.4 Å². The molecule has 0 aliphatic heterocycles. The van der Waals surface area contributed by atoms with Crippen molar-refractivity contribution in [3.05, 3.63) is 0 Å². The van der Waals surface area contributed by atoms with Crippen LogP contribution in [0.15, 0.2) is 0 Å². The Labute approximate surface area is 79.8 Å². The maximum Gasteiger partial charge on any atom is 0.222 e. The SMILES string of the molecule is CCCCNC(=O)CC(CN)OC. The van der Waals surface area contributed by atoms with Gasteiger partial charge in [-0.1, -0.05) is 13.3 Å². The van der Waals surface area contributed by atoms with Crippen LogP contribution in [0, 0.1) is 0 Å². The number of hydrogen-bond donors (Lipinski definition) is 2. The van der Waals surface area contributed by atoms with Crippen molar-refractivity contribution in [1.82, 2.24) is 5.32 Å². The van der Waals surface area contributed by atoms with Crippen molar-refractivity contribution >= 4 is 5.91 Å². The van der Waals surface area contributed by atoms with Crippen LogP contribution in [0.5, 0.6) is 0 Å². The van der Waals surface area contributed by atoms with Gasteiger partial charge in [-0.15, -0.1) is 0 Å². The van der Waals surface area contributed by atoms with Crippen molar-refractivity contribution in [2.24, 2.45) is 5.73 Å². The lowest BCUT2D eigenvalue weighted by Crippen LogP contribution is -2.32. The second kappa shape index (κ2) is 8.01. The number of carbonyl (C=O) groups excluding carboxylic acids is 1. The van der Waals surface area contributed by atoms with Gasteiger partial charge in [0.1, 0.15) is 0 Å². The van der Waals surface area contributed by atoms with Crippen LogP contribution in [0.1, 0.15) is 26.2 Å². The Morgan fingerprint density at radius 1 is 1.62 bits per heavy atom. The van der Waals surface area contributed by atoms with Crippen LogP contribution < -0.4 is 11.1 Å². The summed E-state index contributed by atoms with van der Waals surface area (Å²) in [6, 6.07) is 0. The van der Waals surface area contributed by atoms with E-state index in [9.17, 15) is 4.79 Å². The van der Waals surface area contributed by atoms with E-state index in [0.29, 0.717) is 13.0 Å². The molecule has 1 amide bonds. The van der Waals surface area contributed by atoms with E-state index in [2.05, 4.69) is 12.2 Å². The molecule has 0 bridgehead atoms. The maximum atomic E-state index is 11.2. The number of ether oxygens (including phenoxy) is 1. The van der Waals surface area contributed by atoms with E-state index >= 15 is 0 Å². The molecule has 0 aliphatic rings. The molecule has 0 aromatic heterocycles. The number of methoxy groups -OCH3 is 1. The van der Waals surface area contributed by atoms with Crippen molar-refractivity contribution < 1.29 is 9.53 Å². The van der Waals surface area contributed by atoms with Gasteiger partial charge >= 0.3 is 0 Å². The average molecular weight is 188 g/mol. The fraction of sp³-hybridized carbons (Fsp3) is 0.889. The van der Waals surface area contributed by atoms with Gasteiger partial charge in [0.25, 0.3) is 0 Å². The highest BCUT2D eigenvalue weighted by Crippen LogP contribution is 1.94. The Morgan fingerprint density at radius 3 is 2.77 bits per heavy atom. The molecule has 0 aliphatic carbocycles. The van der Waals surface area contributed by atoms with Crippen molar-refractivity contribution in [1.29, 1.82) is 0 Å². The number of nitrogens with one attached hydrogen (secondary N) is 1. The van der Waals surface area contributed by atoms with E-state index < -0.39 is 0 Å². The lowest BCUT2D eigenvalue weighted by molar-refractivity contribution is -0.123. The van der Waals surface area contributed by atoms with E-state index in [1.54, 1.807) is 7.11 Å². The predicted octanol–water partition coefficient (Wildman–Crippen LogP) is 0.267. The number of rotatable bonds is 7. The summed E-state index contributed by atoms with van der Waals surface area (Å²) in [5.41, 5.74) is 5.38. The molecule has 0 aromatic carbocycles. The number of nitrogens with two attached hydrogens (primary N) is 1. The van der Waals surface area contributed by atoms with E-state index in [0.717, 1.165) is 19.4 Å². The summed E-state index contributed by atoms with van der Waals surface area (Å²) in [6.07, 6.45) is 2.31. The van der Waals surface area contributed by atoms with Crippen molar-refractivity contribution in [2.75, 3.05) is 20.2 Å². The quantitative estimate of drug-likeness (QED) is 0.563. The van der Waals surface area contributed by atoms with Crippen molar-refractivity contribution in [2.45, 2.75) is 32.3 Å². The van der Waals surface area contributed by atoms with Gasteiger partial charge in [0.05, 0.1) is 12.5 Å². The second-order valence-electron chi connectivity index (χ2n) is 3.00. The highest BCUT2D eigenvalue weighted by atomic mass is 16.5. The van der Waals surface area contributed by atoms with Gasteiger partial charge < -0.3 is 15.8 Å². The first-order valence-corrected chi connectivity index (χ1v) is 4.74. The third-order valence-electron chi connectivity index (χ3n) is 1.86. The van der Waals surface area contributed by atoms with Gasteiger partial charge in [0.2, 0.25) is 5.91 Å². The molecule has 0 rings (SSSR count). The molecule has 0 spiro atoms. The molecule has 0 radical (unpaired) electrons. The maximum absolute atomic E-state index is 11.2. The fourth-order valence-electron chi connectivity index (χ4n) is 0.946. The second-order valence-corrected chi connectivity index (χ2v) is 3.00. The molecule has 0 saturated carbocycles. The number of carbonyl (C=O) groups is 1. The van der Waals surface area contributed by atoms with Crippen LogP contribution in [-0.2, 0) is 9.53 Å². The van der Waals surface area contributed by atoms with Crippen LogP contribution >= 0.6 is 0 Å². The number of unbranched alkanes of at least 4 members (excludes halogenated alkanes) is 1. The molecular formula is C9H20N2O2. The first-order chi connectivity index (χ1) is 6.24. The minimum Gasteiger partial charge on any atom is -0.380 e. The summed E-state index contributed by atoms with van der Waals surface area (Å²) in [5.74, 6) is 0.0192. The lowest BCUT2D eigenvalue weighted by Gasteiger charge is -2.12. The van der Waals surface area contributed by atoms with Gasteiger partial charge in [-0.2, -0.15) is 0 Å². The molecule has 78 valence electrons. The molecule has 0 aromatic rings. The summed E-state index contributed by atoms with van der Waals surface area (Å²) in [4.78, 5) is 11.2. The normalized spacial score (nSPS) is 12.5. The van der Waals surface area contributed by atoms with Crippen LogP contribution in [-0.4, -0.2) is 32.2 Å². The molecule has 0 heterocycles. The third-order valence-corrected chi connectivity index (χ3v) is 1.86. The van der Waals surface area contributed by atoms with Gasteiger partial charge in [-0.25, -0.2) is 0 Å². The van der Waals surface area contributed by atoms with E-state index in [1.165, 1.54) is 0 Å². The minimum absolute atomic E-state index is 0.0192. The zero-order valence-corrected chi connectivity index (χ0v) is 8.51. The smallest absolute Gasteiger partial charge is 0.222 e. The van der Waals surface area contributed by atoms with E-state index in [4.69, 9.17) is 10.5 Å². The summed E-state index contributed by atoms with van der Waals surface area (Å²) in [6.45, 7) is 3.22. The summed E-state index contributed by atoms with van der Waals surface area (Å²) in [7, 11) is 1.57. The zero-order chi connectivity index (χ0) is 10.1.